The van der Waals surface area contributed by atoms with Crippen LogP contribution in [0.5, 0.6) is 17.2 Å². The minimum absolute atomic E-state index is 0.0535. The molecule has 0 radical (unpaired) electrons. The zero-order valence-corrected chi connectivity index (χ0v) is 6.00. The third kappa shape index (κ3) is 1.02. The molecular weight excluding hydrogens is 146 g/mol. The van der Waals surface area contributed by atoms with E-state index < -0.39 is 0 Å². The van der Waals surface area contributed by atoms with Crippen molar-refractivity contribution < 1.29 is 15.3 Å². The van der Waals surface area contributed by atoms with E-state index in [1.54, 1.807) is 0 Å². The fourth-order valence-corrected chi connectivity index (χ4v) is 0.805. The molecule has 0 aromatic heterocycles. The van der Waals surface area contributed by atoms with Gasteiger partial charge in [0.1, 0.15) is 5.75 Å². The molecule has 0 bridgehead atoms. The zero-order chi connectivity index (χ0) is 8.59. The highest BCUT2D eigenvalue weighted by molar-refractivity contribution is 5.65. The smallest absolute Gasteiger partial charge is 0.164 e. The largest absolute Gasteiger partial charge is 0.505 e. The number of phenols is 3. The molecule has 1 rings (SSSR count). The van der Waals surface area contributed by atoms with Gasteiger partial charge >= 0.3 is 0 Å². The molecule has 4 nitrogen and oxygen atoms in total. The molecule has 1 aromatic carbocycles. The molecule has 0 spiro atoms. The van der Waals surface area contributed by atoms with Gasteiger partial charge in [0.25, 0.3) is 0 Å². The first-order chi connectivity index (χ1) is 5.04. The van der Waals surface area contributed by atoms with Gasteiger partial charge in [0.2, 0.25) is 0 Å². The molecule has 60 valence electrons. The number of nitrogens with two attached hydrogens (primary N) is 1. The van der Waals surface area contributed by atoms with Crippen LogP contribution in [0, 0.1) is 6.92 Å². The van der Waals surface area contributed by atoms with Crippen LogP contribution >= 0.6 is 0 Å². The molecule has 0 amide bonds. The first-order valence-electron chi connectivity index (χ1n) is 3.04. The lowest BCUT2D eigenvalue weighted by molar-refractivity contribution is 0.393. The average Bonchev–Trinajstić information content (AvgIpc) is 1.97. The van der Waals surface area contributed by atoms with Crippen LogP contribution in [0.25, 0.3) is 0 Å². The average molecular weight is 155 g/mol. The second kappa shape index (κ2) is 2.23. The summed E-state index contributed by atoms with van der Waals surface area (Å²) >= 11 is 0. The number of benzene rings is 1. The van der Waals surface area contributed by atoms with E-state index in [0.29, 0.717) is 0 Å². The number of hydrogen-bond donors (Lipinski definition) is 4. The Morgan fingerprint density at radius 1 is 1.18 bits per heavy atom. The molecule has 0 aliphatic heterocycles. The van der Waals surface area contributed by atoms with E-state index >= 15 is 0 Å². The number of phenolic OH excluding ortho intramolecular Hbond substituents is 3. The molecule has 0 heterocycles. The van der Waals surface area contributed by atoms with Crippen LogP contribution in [-0.4, -0.2) is 15.3 Å². The van der Waals surface area contributed by atoms with Crippen molar-refractivity contribution in [2.75, 3.05) is 5.73 Å². The maximum absolute atomic E-state index is 9.12. The molecule has 11 heavy (non-hydrogen) atoms. The molecular formula is C7H9NO3. The van der Waals surface area contributed by atoms with Crippen molar-refractivity contribution in [3.8, 4) is 17.2 Å². The Kier molecular flexibility index (Phi) is 1.53. The fourth-order valence-electron chi connectivity index (χ4n) is 0.805. The normalized spacial score (nSPS) is 9.91. The number of anilines is 1. The third-order valence-corrected chi connectivity index (χ3v) is 1.52. The summed E-state index contributed by atoms with van der Waals surface area (Å²) in [5.74, 6) is -0.852. The standard InChI is InChI=1S/C7H9NO3/c1-3-6(10)4(8)2-5(9)7(3)11/h2,9-11H,8H2,1H3. The summed E-state index contributed by atoms with van der Waals surface area (Å²) < 4.78 is 0. The van der Waals surface area contributed by atoms with Crippen molar-refractivity contribution in [3.63, 3.8) is 0 Å². The zero-order valence-electron chi connectivity index (χ0n) is 6.00. The molecule has 5 N–H and O–H groups in total. The van der Waals surface area contributed by atoms with Gasteiger partial charge in [-0.2, -0.15) is 0 Å². The molecule has 1 aromatic rings. The molecule has 0 unspecified atom stereocenters. The van der Waals surface area contributed by atoms with Gasteiger partial charge < -0.3 is 21.1 Å². The minimum Gasteiger partial charge on any atom is -0.505 e. The predicted molar refractivity (Wildman–Crippen MR) is 40.6 cm³/mol. The minimum atomic E-state index is -0.336. The molecule has 0 atom stereocenters. The Morgan fingerprint density at radius 2 is 1.73 bits per heavy atom. The quantitative estimate of drug-likeness (QED) is 0.252. The summed E-state index contributed by atoms with van der Waals surface area (Å²) in [5, 5.41) is 27.1. The number of rotatable bonds is 0. The summed E-state index contributed by atoms with van der Waals surface area (Å²) in [5.41, 5.74) is 5.51. The van der Waals surface area contributed by atoms with E-state index in [4.69, 9.17) is 21.1 Å². The summed E-state index contributed by atoms with van der Waals surface area (Å²) in [6, 6.07) is 1.09. The van der Waals surface area contributed by atoms with Gasteiger partial charge in [-0.25, -0.2) is 0 Å². The van der Waals surface area contributed by atoms with Crippen molar-refractivity contribution in [2.45, 2.75) is 6.92 Å². The number of hydrogen-bond acceptors (Lipinski definition) is 4. The maximum Gasteiger partial charge on any atom is 0.164 e. The van der Waals surface area contributed by atoms with Crippen LogP contribution in [-0.2, 0) is 0 Å². The monoisotopic (exact) mass is 155 g/mol. The summed E-state index contributed by atoms with van der Waals surface area (Å²) in [7, 11) is 0. The van der Waals surface area contributed by atoms with Gasteiger partial charge in [0.15, 0.2) is 11.5 Å². The van der Waals surface area contributed by atoms with E-state index in [-0.39, 0.29) is 28.5 Å². The van der Waals surface area contributed by atoms with Crippen LogP contribution in [0.1, 0.15) is 5.56 Å². The number of nitrogen functional groups attached to an aromatic ring is 1. The van der Waals surface area contributed by atoms with Crippen molar-refractivity contribution in [1.82, 2.24) is 0 Å². The highest BCUT2D eigenvalue weighted by atomic mass is 16.3. The van der Waals surface area contributed by atoms with Crippen LogP contribution in [0.15, 0.2) is 6.07 Å². The van der Waals surface area contributed by atoms with Crippen LogP contribution in [0.2, 0.25) is 0 Å². The lowest BCUT2D eigenvalue weighted by Gasteiger charge is -2.06. The van der Waals surface area contributed by atoms with Crippen molar-refractivity contribution in [2.24, 2.45) is 0 Å². The summed E-state index contributed by atoms with van der Waals surface area (Å²) in [6.45, 7) is 1.46. The molecule has 0 aliphatic rings. The van der Waals surface area contributed by atoms with E-state index in [9.17, 15) is 0 Å². The Morgan fingerprint density at radius 3 is 2.27 bits per heavy atom. The summed E-state index contributed by atoms with van der Waals surface area (Å²) in [4.78, 5) is 0. The molecule has 0 aliphatic carbocycles. The lowest BCUT2D eigenvalue weighted by atomic mass is 10.1. The van der Waals surface area contributed by atoms with Crippen LogP contribution in [0.3, 0.4) is 0 Å². The second-order valence-electron chi connectivity index (χ2n) is 2.31. The fraction of sp³-hybridized carbons (Fsp3) is 0.143. The lowest BCUT2D eigenvalue weighted by Crippen LogP contribution is -1.88. The van der Waals surface area contributed by atoms with Crippen molar-refractivity contribution >= 4 is 5.69 Å². The van der Waals surface area contributed by atoms with E-state index in [2.05, 4.69) is 0 Å². The van der Waals surface area contributed by atoms with E-state index in [1.807, 2.05) is 0 Å². The van der Waals surface area contributed by atoms with Crippen LogP contribution < -0.4 is 5.73 Å². The van der Waals surface area contributed by atoms with E-state index in [1.165, 1.54) is 6.92 Å². The van der Waals surface area contributed by atoms with Crippen molar-refractivity contribution in [1.29, 1.82) is 0 Å². The van der Waals surface area contributed by atoms with Gasteiger partial charge in [0.05, 0.1) is 5.69 Å². The van der Waals surface area contributed by atoms with Crippen molar-refractivity contribution in [3.05, 3.63) is 11.6 Å². The first kappa shape index (κ1) is 7.53. The Bertz CT molecular complexity index is 270. The Hall–Kier alpha value is -1.58. The SMILES string of the molecule is Cc1c(O)c(N)cc(O)c1O. The number of aromatic hydroxyl groups is 3. The van der Waals surface area contributed by atoms with Gasteiger partial charge in [-0.1, -0.05) is 0 Å². The third-order valence-electron chi connectivity index (χ3n) is 1.52. The van der Waals surface area contributed by atoms with E-state index in [0.717, 1.165) is 6.07 Å². The molecule has 4 heteroatoms. The predicted octanol–water partition coefficient (Wildman–Crippen LogP) is 0.694. The summed E-state index contributed by atoms with van der Waals surface area (Å²) in [6.07, 6.45) is 0. The Balaban J connectivity index is 3.46. The van der Waals surface area contributed by atoms with Gasteiger partial charge in [0, 0.05) is 11.6 Å². The van der Waals surface area contributed by atoms with Gasteiger partial charge in [-0.05, 0) is 6.92 Å². The Labute approximate surface area is 63.5 Å². The van der Waals surface area contributed by atoms with Gasteiger partial charge in [-0.15, -0.1) is 0 Å². The topological polar surface area (TPSA) is 86.7 Å². The highest BCUT2D eigenvalue weighted by Gasteiger charge is 2.10. The molecule has 0 saturated carbocycles. The maximum atomic E-state index is 9.12. The van der Waals surface area contributed by atoms with Gasteiger partial charge in [-0.3, -0.25) is 0 Å². The van der Waals surface area contributed by atoms with Crippen LogP contribution in [0.4, 0.5) is 5.69 Å². The molecule has 0 fully saturated rings. The molecule has 0 saturated heterocycles. The first-order valence-corrected chi connectivity index (χ1v) is 3.04. The highest BCUT2D eigenvalue weighted by Crippen LogP contribution is 2.38. The second-order valence-corrected chi connectivity index (χ2v) is 2.31.